The van der Waals surface area contributed by atoms with Gasteiger partial charge in [-0.15, -0.1) is 0 Å². The molecule has 0 saturated carbocycles. The van der Waals surface area contributed by atoms with Gasteiger partial charge in [0.1, 0.15) is 5.76 Å². The van der Waals surface area contributed by atoms with Gasteiger partial charge in [0.05, 0.1) is 12.8 Å². The minimum Gasteiger partial charge on any atom is -0.467 e. The standard InChI is InChI=1S/C25H27N3OS/c1-19-22(23-11-5-6-12-24(23)27-19)14-16-28(18-21-10-7-17-29-21)25(30)26-15-13-20-8-3-2-4-9-20/h2-12,17,27H,13-16,18H2,1H3,(H,26,30). The number of benzene rings is 2. The maximum Gasteiger partial charge on any atom is 0.169 e. The highest BCUT2D eigenvalue weighted by Gasteiger charge is 2.15. The van der Waals surface area contributed by atoms with Crippen molar-refractivity contribution in [2.45, 2.75) is 26.3 Å². The Balaban J connectivity index is 1.42. The van der Waals surface area contributed by atoms with Gasteiger partial charge in [0.25, 0.3) is 0 Å². The second-order valence-electron chi connectivity index (χ2n) is 7.49. The molecule has 0 saturated heterocycles. The van der Waals surface area contributed by atoms with E-state index in [0.717, 1.165) is 36.8 Å². The summed E-state index contributed by atoms with van der Waals surface area (Å²) in [6.07, 6.45) is 3.57. The molecule has 2 aromatic carbocycles. The highest BCUT2D eigenvalue weighted by molar-refractivity contribution is 7.80. The number of hydrogen-bond donors (Lipinski definition) is 2. The van der Waals surface area contributed by atoms with Crippen LogP contribution in [0.3, 0.4) is 0 Å². The van der Waals surface area contributed by atoms with Gasteiger partial charge >= 0.3 is 0 Å². The molecule has 0 fully saturated rings. The summed E-state index contributed by atoms with van der Waals surface area (Å²) in [4.78, 5) is 5.69. The molecule has 4 aromatic rings. The number of aromatic nitrogens is 1. The zero-order chi connectivity index (χ0) is 20.8. The van der Waals surface area contributed by atoms with Crippen LogP contribution >= 0.6 is 12.2 Å². The van der Waals surface area contributed by atoms with Crippen molar-refractivity contribution in [1.82, 2.24) is 15.2 Å². The molecule has 0 atom stereocenters. The van der Waals surface area contributed by atoms with Crippen molar-refractivity contribution < 1.29 is 4.42 Å². The van der Waals surface area contributed by atoms with Crippen LogP contribution in [0.1, 0.15) is 22.6 Å². The first-order valence-electron chi connectivity index (χ1n) is 10.4. The monoisotopic (exact) mass is 417 g/mol. The molecule has 0 spiro atoms. The van der Waals surface area contributed by atoms with Crippen LogP contribution in [-0.4, -0.2) is 28.1 Å². The van der Waals surface area contributed by atoms with E-state index in [4.69, 9.17) is 16.6 Å². The quantitative estimate of drug-likeness (QED) is 0.385. The Morgan fingerprint density at radius 1 is 1.00 bits per heavy atom. The third kappa shape index (κ3) is 4.92. The topological polar surface area (TPSA) is 44.2 Å². The van der Waals surface area contributed by atoms with Crippen molar-refractivity contribution in [2.75, 3.05) is 13.1 Å². The summed E-state index contributed by atoms with van der Waals surface area (Å²) in [5.74, 6) is 0.915. The molecule has 0 amide bonds. The average Bonchev–Trinajstić information content (AvgIpc) is 3.39. The number of thiocarbonyl (C=S) groups is 1. The Morgan fingerprint density at radius 2 is 1.80 bits per heavy atom. The van der Waals surface area contributed by atoms with Crippen molar-refractivity contribution in [3.63, 3.8) is 0 Å². The third-order valence-electron chi connectivity index (χ3n) is 5.41. The van der Waals surface area contributed by atoms with E-state index in [1.807, 2.05) is 18.2 Å². The molecule has 154 valence electrons. The first-order valence-corrected chi connectivity index (χ1v) is 10.8. The van der Waals surface area contributed by atoms with Crippen molar-refractivity contribution in [2.24, 2.45) is 0 Å². The van der Waals surface area contributed by atoms with Crippen molar-refractivity contribution >= 4 is 28.2 Å². The highest BCUT2D eigenvalue weighted by atomic mass is 32.1. The summed E-state index contributed by atoms with van der Waals surface area (Å²) in [5.41, 5.74) is 5.06. The first kappa shape index (κ1) is 20.2. The predicted octanol–water partition coefficient (Wildman–Crippen LogP) is 5.23. The Hall–Kier alpha value is -3.05. The maximum absolute atomic E-state index is 5.75. The van der Waals surface area contributed by atoms with Crippen molar-refractivity contribution in [1.29, 1.82) is 0 Å². The highest BCUT2D eigenvalue weighted by Crippen LogP contribution is 2.22. The molecule has 0 aliphatic heterocycles. The fourth-order valence-corrected chi connectivity index (χ4v) is 4.07. The number of aryl methyl sites for hydroxylation is 1. The first-order chi connectivity index (χ1) is 14.7. The summed E-state index contributed by atoms with van der Waals surface area (Å²) >= 11 is 5.75. The van der Waals surface area contributed by atoms with E-state index < -0.39 is 0 Å². The fraction of sp³-hybridized carbons (Fsp3) is 0.240. The zero-order valence-electron chi connectivity index (χ0n) is 17.2. The Morgan fingerprint density at radius 3 is 2.60 bits per heavy atom. The Bertz CT molecular complexity index is 1090. The molecule has 0 bridgehead atoms. The molecule has 0 unspecified atom stereocenters. The van der Waals surface area contributed by atoms with Gasteiger partial charge in [-0.3, -0.25) is 0 Å². The average molecular weight is 418 g/mol. The van der Waals surface area contributed by atoms with Gasteiger partial charge in [-0.2, -0.15) is 0 Å². The summed E-state index contributed by atoms with van der Waals surface area (Å²) in [6, 6.07) is 22.9. The molecule has 4 rings (SSSR count). The molecular formula is C25H27N3OS. The number of aromatic amines is 1. The number of furan rings is 1. The lowest BCUT2D eigenvalue weighted by atomic mass is 10.1. The van der Waals surface area contributed by atoms with E-state index in [2.05, 4.69) is 70.7 Å². The maximum atomic E-state index is 5.75. The van der Waals surface area contributed by atoms with Gasteiger partial charge in [-0.1, -0.05) is 48.5 Å². The molecule has 2 heterocycles. The molecule has 30 heavy (non-hydrogen) atoms. The molecule has 2 N–H and O–H groups in total. The van der Waals surface area contributed by atoms with E-state index in [1.165, 1.54) is 27.7 Å². The van der Waals surface area contributed by atoms with E-state index in [-0.39, 0.29) is 0 Å². The number of nitrogens with one attached hydrogen (secondary N) is 2. The van der Waals surface area contributed by atoms with Crippen LogP contribution in [0.4, 0.5) is 0 Å². The second kappa shape index (κ2) is 9.63. The van der Waals surface area contributed by atoms with E-state index in [0.29, 0.717) is 6.54 Å². The number of para-hydroxylation sites is 1. The van der Waals surface area contributed by atoms with Crippen LogP contribution < -0.4 is 5.32 Å². The molecule has 2 aromatic heterocycles. The summed E-state index contributed by atoms with van der Waals surface area (Å²) in [5, 5.41) is 5.49. The molecule has 0 aliphatic rings. The number of nitrogens with zero attached hydrogens (tertiary/aromatic N) is 1. The van der Waals surface area contributed by atoms with E-state index >= 15 is 0 Å². The normalized spacial score (nSPS) is 11.0. The minimum atomic E-state index is 0.658. The summed E-state index contributed by atoms with van der Waals surface area (Å²) in [7, 11) is 0. The van der Waals surface area contributed by atoms with Crippen LogP contribution in [0.2, 0.25) is 0 Å². The van der Waals surface area contributed by atoms with Crippen LogP contribution in [0, 0.1) is 6.92 Å². The largest absolute Gasteiger partial charge is 0.467 e. The molecular weight excluding hydrogens is 390 g/mol. The second-order valence-corrected chi connectivity index (χ2v) is 7.88. The predicted molar refractivity (Wildman–Crippen MR) is 127 cm³/mol. The lowest BCUT2D eigenvalue weighted by Crippen LogP contribution is -2.41. The lowest BCUT2D eigenvalue weighted by molar-refractivity contribution is 0.360. The van der Waals surface area contributed by atoms with Gasteiger partial charge in [-0.05, 0) is 61.3 Å². The number of fused-ring (bicyclic) bond motifs is 1. The third-order valence-corrected chi connectivity index (χ3v) is 5.81. The van der Waals surface area contributed by atoms with Crippen LogP contribution in [-0.2, 0) is 19.4 Å². The van der Waals surface area contributed by atoms with Crippen LogP contribution in [0.5, 0.6) is 0 Å². The summed E-state index contributed by atoms with van der Waals surface area (Å²) < 4.78 is 5.58. The molecule has 4 nitrogen and oxygen atoms in total. The lowest BCUT2D eigenvalue weighted by Gasteiger charge is -2.25. The SMILES string of the molecule is Cc1[nH]c2ccccc2c1CCN(Cc1ccco1)C(=S)NCCc1ccccc1. The zero-order valence-corrected chi connectivity index (χ0v) is 18.0. The Kier molecular flexibility index (Phi) is 6.50. The van der Waals surface area contributed by atoms with Gasteiger partial charge < -0.3 is 19.6 Å². The molecule has 0 aliphatic carbocycles. The molecule has 5 heteroatoms. The Labute approximate surface area is 182 Å². The van der Waals surface area contributed by atoms with Crippen LogP contribution in [0.25, 0.3) is 10.9 Å². The van der Waals surface area contributed by atoms with Crippen LogP contribution in [0.15, 0.2) is 77.4 Å². The van der Waals surface area contributed by atoms with Crippen molar-refractivity contribution in [3.05, 3.63) is 95.6 Å². The minimum absolute atomic E-state index is 0.658. The molecule has 0 radical (unpaired) electrons. The van der Waals surface area contributed by atoms with Crippen molar-refractivity contribution in [3.8, 4) is 0 Å². The number of H-pyrrole nitrogens is 1. The smallest absolute Gasteiger partial charge is 0.169 e. The van der Waals surface area contributed by atoms with Gasteiger partial charge in [0, 0.05) is 29.7 Å². The van der Waals surface area contributed by atoms with E-state index in [9.17, 15) is 0 Å². The van der Waals surface area contributed by atoms with Gasteiger partial charge in [-0.25, -0.2) is 0 Å². The summed E-state index contributed by atoms with van der Waals surface area (Å²) in [6.45, 7) is 4.43. The number of hydrogen-bond acceptors (Lipinski definition) is 2. The van der Waals surface area contributed by atoms with E-state index in [1.54, 1.807) is 6.26 Å². The number of rotatable bonds is 8. The fourth-order valence-electron chi connectivity index (χ4n) is 3.82. The van der Waals surface area contributed by atoms with Gasteiger partial charge in [0.2, 0.25) is 0 Å². The van der Waals surface area contributed by atoms with Gasteiger partial charge in [0.15, 0.2) is 5.11 Å².